The fourth-order valence-corrected chi connectivity index (χ4v) is 2.55. The molecule has 3 nitrogen and oxygen atoms in total. The van der Waals surface area contributed by atoms with Crippen molar-refractivity contribution in [2.75, 3.05) is 32.8 Å². The molecule has 1 heterocycles. The first-order chi connectivity index (χ1) is 8.22. The van der Waals surface area contributed by atoms with Crippen LogP contribution in [0.15, 0.2) is 0 Å². The van der Waals surface area contributed by atoms with Crippen molar-refractivity contribution in [3.63, 3.8) is 0 Å². The molecule has 0 spiro atoms. The number of hydrogen-bond donors (Lipinski definition) is 2. The van der Waals surface area contributed by atoms with Crippen LogP contribution < -0.4 is 5.32 Å². The van der Waals surface area contributed by atoms with Crippen LogP contribution in [0, 0.1) is 5.92 Å². The third kappa shape index (κ3) is 7.02. The SMILES string of the molecule is CC(C)NCC1CCCN(CCCCCO)C1. The van der Waals surface area contributed by atoms with Crippen molar-refractivity contribution < 1.29 is 5.11 Å². The van der Waals surface area contributed by atoms with Crippen LogP contribution in [-0.2, 0) is 0 Å². The maximum Gasteiger partial charge on any atom is 0.0431 e. The number of nitrogens with zero attached hydrogens (tertiary/aromatic N) is 1. The van der Waals surface area contributed by atoms with E-state index < -0.39 is 0 Å². The predicted octanol–water partition coefficient (Wildman–Crippen LogP) is 1.86. The van der Waals surface area contributed by atoms with Gasteiger partial charge in [0.25, 0.3) is 0 Å². The van der Waals surface area contributed by atoms with E-state index in [1.807, 2.05) is 0 Å². The minimum Gasteiger partial charge on any atom is -0.396 e. The molecule has 2 N–H and O–H groups in total. The first-order valence-corrected chi connectivity index (χ1v) is 7.29. The monoisotopic (exact) mass is 242 g/mol. The number of hydrogen-bond acceptors (Lipinski definition) is 3. The van der Waals surface area contributed by atoms with Gasteiger partial charge in [0.2, 0.25) is 0 Å². The van der Waals surface area contributed by atoms with Gasteiger partial charge >= 0.3 is 0 Å². The highest BCUT2D eigenvalue weighted by atomic mass is 16.2. The zero-order chi connectivity index (χ0) is 12.5. The molecule has 1 rings (SSSR count). The second kappa shape index (κ2) is 8.90. The van der Waals surface area contributed by atoms with E-state index in [2.05, 4.69) is 24.1 Å². The van der Waals surface area contributed by atoms with E-state index in [0.717, 1.165) is 12.3 Å². The lowest BCUT2D eigenvalue weighted by Gasteiger charge is -2.33. The van der Waals surface area contributed by atoms with Gasteiger partial charge in [0, 0.05) is 19.2 Å². The van der Waals surface area contributed by atoms with Gasteiger partial charge < -0.3 is 15.3 Å². The molecule has 102 valence electrons. The molecule has 0 saturated carbocycles. The summed E-state index contributed by atoms with van der Waals surface area (Å²) >= 11 is 0. The third-order valence-electron chi connectivity index (χ3n) is 3.55. The number of aliphatic hydroxyl groups is 1. The molecule has 1 aliphatic heterocycles. The van der Waals surface area contributed by atoms with E-state index in [1.54, 1.807) is 0 Å². The number of likely N-dealkylation sites (tertiary alicyclic amines) is 1. The fourth-order valence-electron chi connectivity index (χ4n) is 2.55. The normalized spacial score (nSPS) is 22.2. The standard InChI is InChI=1S/C14H30N2O/c1-13(2)15-11-14-7-6-9-16(12-14)8-4-3-5-10-17/h13-15,17H,3-12H2,1-2H3. The first-order valence-electron chi connectivity index (χ1n) is 7.29. The molecule has 1 fully saturated rings. The zero-order valence-corrected chi connectivity index (χ0v) is 11.6. The lowest BCUT2D eigenvalue weighted by Crippen LogP contribution is -2.41. The summed E-state index contributed by atoms with van der Waals surface area (Å²) < 4.78 is 0. The molecule has 1 unspecified atom stereocenters. The number of rotatable bonds is 8. The van der Waals surface area contributed by atoms with Gasteiger partial charge in [0.1, 0.15) is 0 Å². The number of nitrogens with one attached hydrogen (secondary N) is 1. The lowest BCUT2D eigenvalue weighted by atomic mass is 9.97. The van der Waals surface area contributed by atoms with Gasteiger partial charge in [-0.05, 0) is 57.7 Å². The van der Waals surface area contributed by atoms with Crippen LogP contribution in [0.25, 0.3) is 0 Å². The van der Waals surface area contributed by atoms with E-state index in [4.69, 9.17) is 5.11 Å². The molecule has 1 aliphatic rings. The van der Waals surface area contributed by atoms with Gasteiger partial charge in [-0.2, -0.15) is 0 Å². The Morgan fingerprint density at radius 3 is 2.82 bits per heavy atom. The lowest BCUT2D eigenvalue weighted by molar-refractivity contribution is 0.166. The van der Waals surface area contributed by atoms with Gasteiger partial charge in [-0.15, -0.1) is 0 Å². The molecule has 1 saturated heterocycles. The van der Waals surface area contributed by atoms with Crippen molar-refractivity contribution in [1.82, 2.24) is 10.2 Å². The van der Waals surface area contributed by atoms with Crippen molar-refractivity contribution in [3.8, 4) is 0 Å². The Morgan fingerprint density at radius 2 is 2.12 bits per heavy atom. The maximum absolute atomic E-state index is 8.75. The molecule has 3 heteroatoms. The maximum atomic E-state index is 8.75. The van der Waals surface area contributed by atoms with Gasteiger partial charge in [-0.3, -0.25) is 0 Å². The predicted molar refractivity (Wildman–Crippen MR) is 73.2 cm³/mol. The summed E-state index contributed by atoms with van der Waals surface area (Å²) in [5, 5.41) is 12.3. The topological polar surface area (TPSA) is 35.5 Å². The summed E-state index contributed by atoms with van der Waals surface area (Å²) in [5.41, 5.74) is 0. The first kappa shape index (κ1) is 14.9. The molecular weight excluding hydrogens is 212 g/mol. The summed E-state index contributed by atoms with van der Waals surface area (Å²) in [6, 6.07) is 0.606. The summed E-state index contributed by atoms with van der Waals surface area (Å²) in [5.74, 6) is 0.837. The smallest absolute Gasteiger partial charge is 0.0431 e. The molecule has 0 aromatic carbocycles. The number of aliphatic hydroxyl groups excluding tert-OH is 1. The third-order valence-corrected chi connectivity index (χ3v) is 3.55. The second-order valence-electron chi connectivity index (χ2n) is 5.66. The van der Waals surface area contributed by atoms with Gasteiger partial charge in [0.15, 0.2) is 0 Å². The molecule has 0 aromatic heterocycles. The quantitative estimate of drug-likeness (QED) is 0.638. The van der Waals surface area contributed by atoms with Crippen LogP contribution in [0.3, 0.4) is 0 Å². The average molecular weight is 242 g/mol. The molecule has 17 heavy (non-hydrogen) atoms. The Balaban J connectivity index is 2.10. The highest BCUT2D eigenvalue weighted by molar-refractivity contribution is 4.75. The Labute approximate surface area is 107 Å². The summed E-state index contributed by atoms with van der Waals surface area (Å²) in [4.78, 5) is 2.60. The van der Waals surface area contributed by atoms with E-state index in [1.165, 1.54) is 51.9 Å². The Bertz CT molecular complexity index is 185. The molecule has 0 bridgehead atoms. The molecule has 0 aromatic rings. The second-order valence-corrected chi connectivity index (χ2v) is 5.66. The van der Waals surface area contributed by atoms with Crippen LogP contribution in [0.5, 0.6) is 0 Å². The van der Waals surface area contributed by atoms with Gasteiger partial charge in [-0.1, -0.05) is 13.8 Å². The van der Waals surface area contributed by atoms with Crippen LogP contribution in [0.2, 0.25) is 0 Å². The molecule has 1 atom stereocenters. The fraction of sp³-hybridized carbons (Fsp3) is 1.00. The van der Waals surface area contributed by atoms with Crippen LogP contribution in [-0.4, -0.2) is 48.8 Å². The minimum atomic E-state index is 0.348. The Kier molecular flexibility index (Phi) is 7.82. The molecule has 0 aliphatic carbocycles. The van der Waals surface area contributed by atoms with Gasteiger partial charge in [0.05, 0.1) is 0 Å². The highest BCUT2D eigenvalue weighted by Gasteiger charge is 2.19. The van der Waals surface area contributed by atoms with E-state index in [0.29, 0.717) is 12.6 Å². The van der Waals surface area contributed by atoms with Crippen molar-refractivity contribution in [2.45, 2.75) is 52.0 Å². The zero-order valence-electron chi connectivity index (χ0n) is 11.6. The Hall–Kier alpha value is -0.120. The summed E-state index contributed by atoms with van der Waals surface area (Å²) in [7, 11) is 0. The molecule has 0 amide bonds. The summed E-state index contributed by atoms with van der Waals surface area (Å²) in [6.07, 6.45) is 6.11. The summed E-state index contributed by atoms with van der Waals surface area (Å²) in [6.45, 7) is 9.71. The van der Waals surface area contributed by atoms with E-state index in [9.17, 15) is 0 Å². The Morgan fingerprint density at radius 1 is 1.29 bits per heavy atom. The number of unbranched alkanes of at least 4 members (excludes halogenated alkanes) is 2. The van der Waals surface area contributed by atoms with Gasteiger partial charge in [-0.25, -0.2) is 0 Å². The van der Waals surface area contributed by atoms with Crippen molar-refractivity contribution >= 4 is 0 Å². The van der Waals surface area contributed by atoms with E-state index in [-0.39, 0.29) is 0 Å². The van der Waals surface area contributed by atoms with Crippen molar-refractivity contribution in [2.24, 2.45) is 5.92 Å². The van der Waals surface area contributed by atoms with Crippen molar-refractivity contribution in [3.05, 3.63) is 0 Å². The van der Waals surface area contributed by atoms with E-state index >= 15 is 0 Å². The van der Waals surface area contributed by atoms with Crippen LogP contribution in [0.1, 0.15) is 46.0 Å². The minimum absolute atomic E-state index is 0.348. The molecular formula is C14H30N2O. The number of piperidine rings is 1. The molecule has 0 radical (unpaired) electrons. The van der Waals surface area contributed by atoms with Crippen LogP contribution in [0.4, 0.5) is 0 Å². The largest absolute Gasteiger partial charge is 0.396 e. The average Bonchev–Trinajstić information content (AvgIpc) is 2.33. The highest BCUT2D eigenvalue weighted by Crippen LogP contribution is 2.16. The van der Waals surface area contributed by atoms with Crippen LogP contribution >= 0.6 is 0 Å². The van der Waals surface area contributed by atoms with Crippen molar-refractivity contribution in [1.29, 1.82) is 0 Å².